The van der Waals surface area contributed by atoms with E-state index in [-0.39, 0.29) is 23.6 Å². The van der Waals surface area contributed by atoms with E-state index < -0.39 is 0 Å². The van der Waals surface area contributed by atoms with Crippen LogP contribution < -0.4 is 10.6 Å². The molecule has 2 unspecified atom stereocenters. The maximum absolute atomic E-state index is 12.6. The highest BCUT2D eigenvalue weighted by Gasteiger charge is 2.28. The van der Waals surface area contributed by atoms with E-state index in [4.69, 9.17) is 4.42 Å². The summed E-state index contributed by atoms with van der Waals surface area (Å²) in [5.41, 5.74) is 1.14. The van der Waals surface area contributed by atoms with Crippen LogP contribution in [-0.2, 0) is 0 Å². The molecule has 1 fully saturated rings. The Morgan fingerprint density at radius 2 is 2.04 bits per heavy atom. The molecule has 26 heavy (non-hydrogen) atoms. The average molecular weight is 354 g/mol. The molecule has 1 aromatic heterocycles. The molecule has 2 atom stereocenters. The Hall–Kier alpha value is -2.56. The number of nitrogens with one attached hydrogen (secondary N) is 2. The second kappa shape index (κ2) is 8.70. The summed E-state index contributed by atoms with van der Waals surface area (Å²) in [6.07, 6.45) is 8.47. The minimum atomic E-state index is -0.331. The molecule has 2 amide bonds. The second-order valence-electron chi connectivity index (χ2n) is 6.93. The monoisotopic (exact) mass is 354 g/mol. The normalized spacial score (nSPS) is 19.3. The summed E-state index contributed by atoms with van der Waals surface area (Å²) in [5, 5.41) is 5.95. The number of carbonyl (C=O) groups is 2. The van der Waals surface area contributed by atoms with Crippen LogP contribution >= 0.6 is 0 Å². The van der Waals surface area contributed by atoms with Gasteiger partial charge in [-0.2, -0.15) is 0 Å². The summed E-state index contributed by atoms with van der Waals surface area (Å²) in [6, 6.07) is 10.5. The molecule has 1 aliphatic rings. The van der Waals surface area contributed by atoms with Gasteiger partial charge in [0.2, 0.25) is 0 Å². The lowest BCUT2D eigenvalue weighted by molar-refractivity contribution is 0.0925. The third-order valence-electron chi connectivity index (χ3n) is 5.03. The van der Waals surface area contributed by atoms with Gasteiger partial charge in [0.05, 0.1) is 6.26 Å². The summed E-state index contributed by atoms with van der Waals surface area (Å²) in [4.78, 5) is 24.7. The van der Waals surface area contributed by atoms with Crippen LogP contribution in [0.4, 0.5) is 5.69 Å². The van der Waals surface area contributed by atoms with Crippen LogP contribution in [0.1, 0.15) is 66.4 Å². The van der Waals surface area contributed by atoms with Crippen LogP contribution in [0.15, 0.2) is 47.1 Å². The Kier molecular flexibility index (Phi) is 6.10. The number of amides is 2. The summed E-state index contributed by atoms with van der Waals surface area (Å²) in [7, 11) is 0. The zero-order valence-corrected chi connectivity index (χ0v) is 15.2. The van der Waals surface area contributed by atoms with Crippen molar-refractivity contribution in [2.75, 3.05) is 5.32 Å². The topological polar surface area (TPSA) is 71.3 Å². The van der Waals surface area contributed by atoms with Gasteiger partial charge in [0.15, 0.2) is 5.76 Å². The number of hydrogen-bond donors (Lipinski definition) is 2. The molecule has 3 rings (SSSR count). The Morgan fingerprint density at radius 3 is 2.81 bits per heavy atom. The highest BCUT2D eigenvalue weighted by Crippen LogP contribution is 2.30. The van der Waals surface area contributed by atoms with Crippen molar-refractivity contribution in [1.82, 2.24) is 5.32 Å². The number of benzene rings is 1. The predicted octanol–water partition coefficient (Wildman–Crippen LogP) is 4.62. The molecular formula is C21H26N2O3. The van der Waals surface area contributed by atoms with Gasteiger partial charge in [-0.3, -0.25) is 9.59 Å². The van der Waals surface area contributed by atoms with Crippen molar-refractivity contribution >= 4 is 17.5 Å². The van der Waals surface area contributed by atoms with Gasteiger partial charge in [-0.15, -0.1) is 0 Å². The molecule has 0 aliphatic heterocycles. The fourth-order valence-electron chi connectivity index (χ4n) is 3.63. The minimum absolute atomic E-state index is 0.0764. The van der Waals surface area contributed by atoms with E-state index in [1.807, 2.05) is 0 Å². The second-order valence-corrected chi connectivity index (χ2v) is 6.93. The molecule has 0 saturated heterocycles. The van der Waals surface area contributed by atoms with Crippen molar-refractivity contribution in [1.29, 1.82) is 0 Å². The first kappa shape index (κ1) is 18.2. The Labute approximate surface area is 154 Å². The summed E-state index contributed by atoms with van der Waals surface area (Å²) < 4.78 is 5.09. The van der Waals surface area contributed by atoms with Gasteiger partial charge in [0.25, 0.3) is 11.8 Å². The van der Waals surface area contributed by atoms with Crippen molar-refractivity contribution in [3.05, 3.63) is 54.0 Å². The van der Waals surface area contributed by atoms with Gasteiger partial charge < -0.3 is 15.1 Å². The zero-order valence-electron chi connectivity index (χ0n) is 15.2. The number of rotatable bonds is 7. The molecular weight excluding hydrogens is 328 g/mol. The first-order valence-electron chi connectivity index (χ1n) is 9.43. The van der Waals surface area contributed by atoms with E-state index in [1.54, 1.807) is 36.4 Å². The highest BCUT2D eigenvalue weighted by atomic mass is 16.3. The van der Waals surface area contributed by atoms with Crippen LogP contribution in [0.5, 0.6) is 0 Å². The van der Waals surface area contributed by atoms with Crippen molar-refractivity contribution in [3.63, 3.8) is 0 Å². The van der Waals surface area contributed by atoms with Crippen molar-refractivity contribution in [3.8, 4) is 0 Å². The van der Waals surface area contributed by atoms with Gasteiger partial charge >= 0.3 is 0 Å². The Bertz CT molecular complexity index is 739. The van der Waals surface area contributed by atoms with Crippen LogP contribution in [-0.4, -0.2) is 17.9 Å². The molecule has 1 saturated carbocycles. The Morgan fingerprint density at radius 1 is 1.15 bits per heavy atom. The SMILES string of the molecule is CCCCC1CCCC1NC(=O)c1cccc(NC(=O)c2ccco2)c1. The van der Waals surface area contributed by atoms with Gasteiger partial charge in [0, 0.05) is 17.3 Å². The third-order valence-corrected chi connectivity index (χ3v) is 5.03. The lowest BCUT2D eigenvalue weighted by atomic mass is 9.96. The smallest absolute Gasteiger partial charge is 0.291 e. The molecule has 2 aromatic rings. The largest absolute Gasteiger partial charge is 0.459 e. The lowest BCUT2D eigenvalue weighted by Gasteiger charge is -2.21. The zero-order chi connectivity index (χ0) is 18.4. The number of hydrogen-bond acceptors (Lipinski definition) is 3. The van der Waals surface area contributed by atoms with Crippen molar-refractivity contribution < 1.29 is 14.0 Å². The standard InChI is InChI=1S/C21H26N2O3/c1-2-3-7-15-8-5-11-18(15)23-20(24)16-9-4-10-17(14-16)22-21(25)19-12-6-13-26-19/h4,6,9-10,12-15,18H,2-3,5,7-8,11H2,1H3,(H,22,25)(H,23,24). The van der Waals surface area contributed by atoms with Gasteiger partial charge in [-0.05, 0) is 55.5 Å². The molecule has 1 aromatic carbocycles. The van der Waals surface area contributed by atoms with E-state index in [0.717, 1.165) is 6.42 Å². The maximum Gasteiger partial charge on any atom is 0.291 e. The van der Waals surface area contributed by atoms with Crippen molar-refractivity contribution in [2.45, 2.75) is 51.5 Å². The van der Waals surface area contributed by atoms with E-state index in [0.29, 0.717) is 17.2 Å². The molecule has 5 heteroatoms. The molecule has 2 N–H and O–H groups in total. The van der Waals surface area contributed by atoms with Crippen molar-refractivity contribution in [2.24, 2.45) is 5.92 Å². The fourth-order valence-corrected chi connectivity index (χ4v) is 3.63. The predicted molar refractivity (Wildman–Crippen MR) is 101 cm³/mol. The molecule has 5 nitrogen and oxygen atoms in total. The first-order valence-corrected chi connectivity index (χ1v) is 9.43. The summed E-state index contributed by atoms with van der Waals surface area (Å²) in [5.74, 6) is 0.417. The third kappa shape index (κ3) is 4.54. The molecule has 1 heterocycles. The van der Waals surface area contributed by atoms with Crippen LogP contribution in [0.2, 0.25) is 0 Å². The average Bonchev–Trinajstić information content (AvgIpc) is 3.32. The molecule has 0 radical (unpaired) electrons. The molecule has 138 valence electrons. The molecule has 0 spiro atoms. The number of unbranched alkanes of at least 4 members (excludes halogenated alkanes) is 1. The highest BCUT2D eigenvalue weighted by molar-refractivity contribution is 6.03. The van der Waals surface area contributed by atoms with Gasteiger partial charge in [-0.25, -0.2) is 0 Å². The quantitative estimate of drug-likeness (QED) is 0.762. The fraction of sp³-hybridized carbons (Fsp3) is 0.429. The Balaban J connectivity index is 1.62. The van der Waals surface area contributed by atoms with Crippen LogP contribution in [0.3, 0.4) is 0 Å². The lowest BCUT2D eigenvalue weighted by Crippen LogP contribution is -2.37. The van der Waals surface area contributed by atoms with Crippen LogP contribution in [0.25, 0.3) is 0 Å². The maximum atomic E-state index is 12.6. The number of carbonyl (C=O) groups excluding carboxylic acids is 2. The molecule has 0 bridgehead atoms. The van der Waals surface area contributed by atoms with E-state index >= 15 is 0 Å². The van der Waals surface area contributed by atoms with E-state index in [9.17, 15) is 9.59 Å². The number of anilines is 1. The number of furan rings is 1. The summed E-state index contributed by atoms with van der Waals surface area (Å²) in [6.45, 7) is 2.20. The minimum Gasteiger partial charge on any atom is -0.459 e. The van der Waals surface area contributed by atoms with Gasteiger partial charge in [0.1, 0.15) is 0 Å². The van der Waals surface area contributed by atoms with E-state index in [2.05, 4.69) is 17.6 Å². The first-order chi connectivity index (χ1) is 12.7. The van der Waals surface area contributed by atoms with E-state index in [1.165, 1.54) is 38.4 Å². The molecule has 1 aliphatic carbocycles. The van der Waals surface area contributed by atoms with Gasteiger partial charge in [-0.1, -0.05) is 32.3 Å². The summed E-state index contributed by atoms with van der Waals surface area (Å²) >= 11 is 0. The van der Waals surface area contributed by atoms with Crippen LogP contribution in [0, 0.1) is 5.92 Å².